The minimum atomic E-state index is -3.62. The second-order valence-electron chi connectivity index (χ2n) is 10.2. The molecule has 0 saturated carbocycles. The van der Waals surface area contributed by atoms with Gasteiger partial charge in [0, 0.05) is 31.3 Å². The van der Waals surface area contributed by atoms with Crippen LogP contribution in [0.2, 0.25) is 0 Å². The second-order valence-corrected chi connectivity index (χ2v) is 13.1. The van der Waals surface area contributed by atoms with Crippen LogP contribution in [0.25, 0.3) is 10.2 Å². The van der Waals surface area contributed by atoms with Crippen LogP contribution >= 0.6 is 11.3 Å². The third-order valence-electron chi connectivity index (χ3n) is 7.04. The Hall–Kier alpha value is -2.53. The van der Waals surface area contributed by atoms with Crippen LogP contribution in [0.5, 0.6) is 5.75 Å². The zero-order chi connectivity index (χ0) is 26.2. The van der Waals surface area contributed by atoms with Crippen molar-refractivity contribution in [3.8, 4) is 5.75 Å². The summed E-state index contributed by atoms with van der Waals surface area (Å²) >= 11 is 1.44. The van der Waals surface area contributed by atoms with Crippen LogP contribution in [-0.2, 0) is 14.8 Å². The normalized spacial score (nSPS) is 22.8. The minimum absolute atomic E-state index is 0.0618. The molecule has 0 aliphatic carbocycles. The third-order valence-corrected chi connectivity index (χ3v) is 9.95. The van der Waals surface area contributed by atoms with Crippen LogP contribution in [0, 0.1) is 11.8 Å². The molecule has 2 aliphatic rings. The lowest BCUT2D eigenvalue weighted by molar-refractivity contribution is 0.0917. The number of methoxy groups -OCH3 is 1. The van der Waals surface area contributed by atoms with E-state index in [1.54, 1.807) is 40.6 Å². The maximum Gasteiger partial charge on any atom is 0.260 e. The average molecular weight is 544 g/mol. The number of aromatic nitrogens is 1. The predicted molar refractivity (Wildman–Crippen MR) is 145 cm³/mol. The van der Waals surface area contributed by atoms with Crippen molar-refractivity contribution in [3.05, 3.63) is 48.0 Å². The molecule has 198 valence electrons. The first-order valence-electron chi connectivity index (χ1n) is 12.7. The topological polar surface area (TPSA) is 89.0 Å². The largest absolute Gasteiger partial charge is 0.497 e. The van der Waals surface area contributed by atoms with Gasteiger partial charge in [-0.05, 0) is 67.5 Å². The highest BCUT2D eigenvalue weighted by molar-refractivity contribution is 7.89. The fourth-order valence-corrected chi connectivity index (χ4v) is 7.89. The van der Waals surface area contributed by atoms with Crippen molar-refractivity contribution in [3.63, 3.8) is 0 Å². The molecule has 10 heteroatoms. The smallest absolute Gasteiger partial charge is 0.260 e. The zero-order valence-electron chi connectivity index (χ0n) is 21.4. The summed E-state index contributed by atoms with van der Waals surface area (Å²) in [5.74, 6) is 1.11. The first-order chi connectivity index (χ1) is 17.7. The SMILES string of the molecule is COc1ccc2sc(N(CC3CCCO3)C(=O)c3ccc(S(=O)(=O)N4CC(C)CC(C)C4)cc3)nc2c1. The number of hydrogen-bond acceptors (Lipinski definition) is 7. The van der Waals surface area contributed by atoms with Gasteiger partial charge in [-0.15, -0.1) is 0 Å². The molecule has 3 heterocycles. The number of amides is 1. The van der Waals surface area contributed by atoms with Crippen LogP contribution in [0.1, 0.15) is 43.5 Å². The molecule has 0 bridgehead atoms. The number of benzene rings is 2. The summed E-state index contributed by atoms with van der Waals surface area (Å²) in [4.78, 5) is 20.3. The number of rotatable bonds is 7. The lowest BCUT2D eigenvalue weighted by atomic mass is 9.94. The summed E-state index contributed by atoms with van der Waals surface area (Å²) in [6.45, 7) is 6.28. The molecule has 3 aromatic rings. The summed E-state index contributed by atoms with van der Waals surface area (Å²) in [7, 11) is -2.01. The van der Waals surface area contributed by atoms with Gasteiger partial charge in [0.1, 0.15) is 5.75 Å². The van der Waals surface area contributed by atoms with Crippen LogP contribution in [0.4, 0.5) is 5.13 Å². The van der Waals surface area contributed by atoms with Gasteiger partial charge in [-0.25, -0.2) is 13.4 Å². The van der Waals surface area contributed by atoms with E-state index >= 15 is 0 Å². The number of thiazole rings is 1. The fraction of sp³-hybridized carbons (Fsp3) is 0.481. The van der Waals surface area contributed by atoms with Gasteiger partial charge in [0.15, 0.2) is 5.13 Å². The van der Waals surface area contributed by atoms with Crippen molar-refractivity contribution in [2.45, 2.75) is 44.1 Å². The molecule has 8 nitrogen and oxygen atoms in total. The van der Waals surface area contributed by atoms with Crippen molar-refractivity contribution in [2.24, 2.45) is 11.8 Å². The first-order valence-corrected chi connectivity index (χ1v) is 15.0. The Kier molecular flexibility index (Phi) is 7.53. The highest BCUT2D eigenvalue weighted by Crippen LogP contribution is 2.33. The highest BCUT2D eigenvalue weighted by Gasteiger charge is 2.32. The number of nitrogens with zero attached hydrogens (tertiary/aromatic N) is 3. The number of ether oxygens (including phenoxy) is 2. The molecule has 2 aliphatic heterocycles. The molecule has 37 heavy (non-hydrogen) atoms. The van der Waals surface area contributed by atoms with Gasteiger partial charge in [-0.3, -0.25) is 9.69 Å². The van der Waals surface area contributed by atoms with E-state index in [2.05, 4.69) is 13.8 Å². The van der Waals surface area contributed by atoms with Gasteiger partial charge in [-0.1, -0.05) is 25.2 Å². The fourth-order valence-electron chi connectivity index (χ4n) is 5.25. The number of sulfonamides is 1. The Bertz CT molecular complexity index is 1360. The second kappa shape index (κ2) is 10.7. The molecule has 3 unspecified atom stereocenters. The average Bonchev–Trinajstić information content (AvgIpc) is 3.55. The molecule has 2 fully saturated rings. The maximum atomic E-state index is 13.7. The van der Waals surface area contributed by atoms with Gasteiger partial charge in [0.2, 0.25) is 10.0 Å². The molecule has 2 saturated heterocycles. The summed E-state index contributed by atoms with van der Waals surface area (Å²) in [6, 6.07) is 12.0. The van der Waals surface area contributed by atoms with Crippen molar-refractivity contribution in [1.29, 1.82) is 0 Å². The van der Waals surface area contributed by atoms with E-state index in [1.165, 1.54) is 11.3 Å². The molecule has 5 rings (SSSR count). The Balaban J connectivity index is 1.42. The summed E-state index contributed by atoms with van der Waals surface area (Å²) in [6.07, 6.45) is 2.81. The molecule has 2 aromatic carbocycles. The predicted octanol–water partition coefficient (Wildman–Crippen LogP) is 4.80. The number of fused-ring (bicyclic) bond motifs is 1. The minimum Gasteiger partial charge on any atom is -0.497 e. The van der Waals surface area contributed by atoms with Crippen LogP contribution < -0.4 is 9.64 Å². The van der Waals surface area contributed by atoms with Crippen molar-refractivity contribution < 1.29 is 22.7 Å². The van der Waals surface area contributed by atoms with Gasteiger partial charge in [-0.2, -0.15) is 4.31 Å². The first kappa shape index (κ1) is 26.1. The summed E-state index contributed by atoms with van der Waals surface area (Å²) in [5, 5.41) is 0.580. The van der Waals surface area contributed by atoms with E-state index in [1.807, 2.05) is 18.2 Å². The molecule has 1 aromatic heterocycles. The molecular formula is C27H33N3O5S2. The molecule has 3 atom stereocenters. The Labute approximate surface area is 222 Å². The lowest BCUT2D eigenvalue weighted by Crippen LogP contribution is -2.42. The standard InChI is InChI=1S/C27H33N3O5S2/c1-18-13-19(2)16-29(15-18)37(32,33)23-9-6-20(7-10-23)26(31)30(17-22-5-4-12-35-22)27-28-24-14-21(34-3)8-11-25(24)36-27/h6-11,14,18-19,22H,4-5,12-13,15-17H2,1-3H3. The van der Waals surface area contributed by atoms with E-state index in [9.17, 15) is 13.2 Å². The van der Waals surface area contributed by atoms with Gasteiger partial charge in [0.05, 0.1) is 34.9 Å². The van der Waals surface area contributed by atoms with Gasteiger partial charge >= 0.3 is 0 Å². The number of carbonyl (C=O) groups excluding carboxylic acids is 1. The van der Waals surface area contributed by atoms with Crippen molar-refractivity contribution in [1.82, 2.24) is 9.29 Å². The number of carbonyl (C=O) groups is 1. The van der Waals surface area contributed by atoms with Gasteiger partial charge in [0.25, 0.3) is 5.91 Å². The Morgan fingerprint density at radius 2 is 1.89 bits per heavy atom. The molecule has 0 spiro atoms. The molecule has 0 N–H and O–H groups in total. The van der Waals surface area contributed by atoms with Crippen LogP contribution in [-0.4, -0.2) is 63.1 Å². The van der Waals surface area contributed by atoms with E-state index in [4.69, 9.17) is 14.5 Å². The molecular weight excluding hydrogens is 510 g/mol. The van der Waals surface area contributed by atoms with Gasteiger partial charge < -0.3 is 9.47 Å². The molecule has 1 amide bonds. The lowest BCUT2D eigenvalue weighted by Gasteiger charge is -2.34. The van der Waals surface area contributed by atoms with Crippen molar-refractivity contribution in [2.75, 3.05) is 38.3 Å². The quantitative estimate of drug-likeness (QED) is 0.426. The van der Waals surface area contributed by atoms with E-state index in [-0.39, 0.29) is 16.9 Å². The maximum absolute atomic E-state index is 13.7. The third kappa shape index (κ3) is 5.52. The van der Waals surface area contributed by atoms with Crippen LogP contribution in [0.3, 0.4) is 0 Å². The number of anilines is 1. The number of hydrogen-bond donors (Lipinski definition) is 0. The molecule has 0 radical (unpaired) electrons. The summed E-state index contributed by atoms with van der Waals surface area (Å²) < 4.78 is 40.3. The van der Waals surface area contributed by atoms with E-state index in [0.29, 0.717) is 54.5 Å². The summed E-state index contributed by atoms with van der Waals surface area (Å²) in [5.41, 5.74) is 1.17. The van der Waals surface area contributed by atoms with Crippen molar-refractivity contribution >= 4 is 42.6 Å². The Morgan fingerprint density at radius 1 is 1.16 bits per heavy atom. The van der Waals surface area contributed by atoms with E-state index in [0.717, 1.165) is 29.5 Å². The zero-order valence-corrected chi connectivity index (χ0v) is 23.1. The highest BCUT2D eigenvalue weighted by atomic mass is 32.2. The van der Waals surface area contributed by atoms with E-state index < -0.39 is 10.0 Å². The van der Waals surface area contributed by atoms with Crippen LogP contribution in [0.15, 0.2) is 47.4 Å². The Morgan fingerprint density at radius 3 is 2.54 bits per heavy atom. The number of piperidine rings is 1. The monoisotopic (exact) mass is 543 g/mol.